The van der Waals surface area contributed by atoms with Crippen LogP contribution in [0.3, 0.4) is 0 Å². The molecule has 0 radical (unpaired) electrons. The molecule has 0 aliphatic rings. The average Bonchev–Trinajstić information content (AvgIpc) is 2.70. The van der Waals surface area contributed by atoms with E-state index in [0.29, 0.717) is 17.8 Å². The van der Waals surface area contributed by atoms with Crippen LogP contribution in [0.2, 0.25) is 0 Å². The third kappa shape index (κ3) is 4.85. The number of nitrogens with one attached hydrogen (secondary N) is 3. The molecular formula is C22H23N3O2. The van der Waals surface area contributed by atoms with Gasteiger partial charge in [0, 0.05) is 28.9 Å². The monoisotopic (exact) mass is 361 g/mol. The number of carbonyl (C=O) groups excluding carboxylic acids is 2. The maximum atomic E-state index is 12.3. The summed E-state index contributed by atoms with van der Waals surface area (Å²) in [7, 11) is 0. The molecule has 0 atom stereocenters. The zero-order valence-electron chi connectivity index (χ0n) is 15.3. The molecular weight excluding hydrogens is 338 g/mol. The van der Waals surface area contributed by atoms with Crippen molar-refractivity contribution >= 4 is 34.0 Å². The van der Waals surface area contributed by atoms with Crippen molar-refractivity contribution in [3.63, 3.8) is 0 Å². The predicted molar refractivity (Wildman–Crippen MR) is 110 cm³/mol. The minimum atomic E-state index is -0.172. The van der Waals surface area contributed by atoms with Crippen molar-refractivity contribution in [1.82, 2.24) is 5.32 Å². The Kier molecular flexibility index (Phi) is 6.05. The van der Waals surface area contributed by atoms with Gasteiger partial charge in [-0.05, 0) is 36.1 Å². The Morgan fingerprint density at radius 3 is 2.56 bits per heavy atom. The van der Waals surface area contributed by atoms with Gasteiger partial charge in [-0.2, -0.15) is 0 Å². The molecule has 5 heteroatoms. The van der Waals surface area contributed by atoms with E-state index in [9.17, 15) is 9.59 Å². The van der Waals surface area contributed by atoms with Gasteiger partial charge in [-0.3, -0.25) is 9.59 Å². The van der Waals surface area contributed by atoms with E-state index in [1.54, 1.807) is 24.3 Å². The Hall–Kier alpha value is -3.34. The van der Waals surface area contributed by atoms with E-state index in [0.717, 1.165) is 22.9 Å². The van der Waals surface area contributed by atoms with Crippen LogP contribution in [0.4, 0.5) is 11.4 Å². The molecule has 0 aliphatic carbocycles. The zero-order valence-corrected chi connectivity index (χ0v) is 15.3. The third-order valence-corrected chi connectivity index (χ3v) is 4.17. The summed E-state index contributed by atoms with van der Waals surface area (Å²) in [6.45, 7) is 2.77. The highest BCUT2D eigenvalue weighted by molar-refractivity contribution is 5.99. The fourth-order valence-electron chi connectivity index (χ4n) is 2.84. The first-order chi connectivity index (χ1) is 13.2. The maximum Gasteiger partial charge on any atom is 0.251 e. The van der Waals surface area contributed by atoms with E-state index in [-0.39, 0.29) is 18.4 Å². The summed E-state index contributed by atoms with van der Waals surface area (Å²) < 4.78 is 0. The van der Waals surface area contributed by atoms with Gasteiger partial charge in [0.25, 0.3) is 5.91 Å². The summed E-state index contributed by atoms with van der Waals surface area (Å²) in [6, 6.07) is 20.9. The highest BCUT2D eigenvalue weighted by Gasteiger charge is 2.08. The van der Waals surface area contributed by atoms with Crippen LogP contribution in [0.1, 0.15) is 23.7 Å². The Bertz CT molecular complexity index is 948. The molecule has 0 aliphatic heterocycles. The number of fused-ring (bicyclic) bond motifs is 1. The van der Waals surface area contributed by atoms with Crippen molar-refractivity contribution in [3.8, 4) is 0 Å². The van der Waals surface area contributed by atoms with Gasteiger partial charge >= 0.3 is 0 Å². The Balaban J connectivity index is 1.62. The van der Waals surface area contributed by atoms with Crippen LogP contribution >= 0.6 is 0 Å². The summed E-state index contributed by atoms with van der Waals surface area (Å²) >= 11 is 0. The molecule has 0 heterocycles. The second-order valence-electron chi connectivity index (χ2n) is 6.27. The summed E-state index contributed by atoms with van der Waals surface area (Å²) in [6.07, 6.45) is 0.877. The summed E-state index contributed by atoms with van der Waals surface area (Å²) in [5.74, 6) is -0.309. The molecule has 0 saturated heterocycles. The highest BCUT2D eigenvalue weighted by Crippen LogP contribution is 2.22. The van der Waals surface area contributed by atoms with Crippen LogP contribution < -0.4 is 16.0 Å². The van der Waals surface area contributed by atoms with Crippen LogP contribution in [0.5, 0.6) is 0 Å². The standard InChI is InChI=1S/C22H23N3O2/c1-2-13-23-22(27)17-9-5-10-18(14-17)25-21(26)15-24-20-12-6-8-16-7-3-4-11-19(16)20/h3-12,14,24H,2,13,15H2,1H3,(H,23,27)(H,25,26). The van der Waals surface area contributed by atoms with Gasteiger partial charge in [-0.15, -0.1) is 0 Å². The number of hydrogen-bond donors (Lipinski definition) is 3. The first-order valence-electron chi connectivity index (χ1n) is 9.07. The van der Waals surface area contributed by atoms with E-state index < -0.39 is 0 Å². The molecule has 0 unspecified atom stereocenters. The molecule has 3 aromatic carbocycles. The molecule has 0 aromatic heterocycles. The Morgan fingerprint density at radius 1 is 0.926 bits per heavy atom. The van der Waals surface area contributed by atoms with Crippen molar-refractivity contribution in [2.24, 2.45) is 0 Å². The fourth-order valence-corrected chi connectivity index (χ4v) is 2.84. The zero-order chi connectivity index (χ0) is 19.1. The van der Waals surface area contributed by atoms with Gasteiger partial charge in [0.2, 0.25) is 5.91 Å². The number of anilines is 2. The van der Waals surface area contributed by atoms with Crippen molar-refractivity contribution in [1.29, 1.82) is 0 Å². The number of carbonyl (C=O) groups is 2. The van der Waals surface area contributed by atoms with Crippen LogP contribution in [-0.4, -0.2) is 24.9 Å². The lowest BCUT2D eigenvalue weighted by Crippen LogP contribution is -2.25. The van der Waals surface area contributed by atoms with Gasteiger partial charge in [-0.25, -0.2) is 0 Å². The average molecular weight is 361 g/mol. The second-order valence-corrected chi connectivity index (χ2v) is 6.27. The van der Waals surface area contributed by atoms with Crippen LogP contribution in [-0.2, 0) is 4.79 Å². The molecule has 3 rings (SSSR count). The molecule has 138 valence electrons. The molecule has 0 spiro atoms. The minimum Gasteiger partial charge on any atom is -0.376 e. The molecule has 3 aromatic rings. The number of amides is 2. The quantitative estimate of drug-likeness (QED) is 0.595. The van der Waals surface area contributed by atoms with Gasteiger partial charge in [0.05, 0.1) is 6.54 Å². The molecule has 27 heavy (non-hydrogen) atoms. The predicted octanol–water partition coefficient (Wildman–Crippen LogP) is 4.03. The molecule has 0 saturated carbocycles. The van der Waals surface area contributed by atoms with E-state index in [4.69, 9.17) is 0 Å². The van der Waals surface area contributed by atoms with Gasteiger partial charge in [-0.1, -0.05) is 49.4 Å². The fraction of sp³-hybridized carbons (Fsp3) is 0.182. The summed E-state index contributed by atoms with van der Waals surface area (Å²) in [5.41, 5.74) is 2.04. The largest absolute Gasteiger partial charge is 0.376 e. The highest BCUT2D eigenvalue weighted by atomic mass is 16.2. The number of hydrogen-bond acceptors (Lipinski definition) is 3. The van der Waals surface area contributed by atoms with Crippen LogP contribution in [0.15, 0.2) is 66.7 Å². The van der Waals surface area contributed by atoms with E-state index in [2.05, 4.69) is 16.0 Å². The molecule has 0 fully saturated rings. The van der Waals surface area contributed by atoms with E-state index in [1.807, 2.05) is 49.4 Å². The number of rotatable bonds is 7. The van der Waals surface area contributed by atoms with Crippen molar-refractivity contribution in [2.75, 3.05) is 23.7 Å². The van der Waals surface area contributed by atoms with Crippen molar-refractivity contribution in [2.45, 2.75) is 13.3 Å². The lowest BCUT2D eigenvalue weighted by molar-refractivity contribution is -0.114. The molecule has 5 nitrogen and oxygen atoms in total. The number of benzene rings is 3. The molecule has 3 N–H and O–H groups in total. The second kappa shape index (κ2) is 8.85. The van der Waals surface area contributed by atoms with E-state index >= 15 is 0 Å². The van der Waals surface area contributed by atoms with Gasteiger partial charge in [0.15, 0.2) is 0 Å². The topological polar surface area (TPSA) is 70.2 Å². The van der Waals surface area contributed by atoms with Crippen molar-refractivity contribution in [3.05, 3.63) is 72.3 Å². The lowest BCUT2D eigenvalue weighted by atomic mass is 10.1. The third-order valence-electron chi connectivity index (χ3n) is 4.17. The maximum absolute atomic E-state index is 12.3. The lowest BCUT2D eigenvalue weighted by Gasteiger charge is -2.11. The van der Waals surface area contributed by atoms with Gasteiger partial charge < -0.3 is 16.0 Å². The smallest absolute Gasteiger partial charge is 0.251 e. The van der Waals surface area contributed by atoms with Crippen LogP contribution in [0.25, 0.3) is 10.8 Å². The normalized spacial score (nSPS) is 10.4. The SMILES string of the molecule is CCCNC(=O)c1cccc(NC(=O)CNc2cccc3ccccc23)c1. The minimum absolute atomic E-state index is 0.137. The van der Waals surface area contributed by atoms with Crippen molar-refractivity contribution < 1.29 is 9.59 Å². The van der Waals surface area contributed by atoms with Crippen LogP contribution in [0, 0.1) is 0 Å². The van der Waals surface area contributed by atoms with Gasteiger partial charge in [0.1, 0.15) is 0 Å². The molecule has 0 bridgehead atoms. The summed E-state index contributed by atoms with van der Waals surface area (Å²) in [4.78, 5) is 24.3. The first-order valence-corrected chi connectivity index (χ1v) is 9.07. The van der Waals surface area contributed by atoms with E-state index in [1.165, 1.54) is 0 Å². The molecule has 2 amide bonds. The Morgan fingerprint density at radius 2 is 1.70 bits per heavy atom. The summed E-state index contributed by atoms with van der Waals surface area (Å²) in [5, 5.41) is 11.0. The Labute approximate surface area is 158 Å². The first kappa shape index (κ1) is 18.5.